The van der Waals surface area contributed by atoms with E-state index in [9.17, 15) is 18.0 Å². The van der Waals surface area contributed by atoms with Crippen molar-refractivity contribution in [1.29, 1.82) is 0 Å². The largest absolute Gasteiger partial charge is 0.416 e. The summed E-state index contributed by atoms with van der Waals surface area (Å²) in [7, 11) is 0. The maximum absolute atomic E-state index is 13.0. The first kappa shape index (κ1) is 18.7. The van der Waals surface area contributed by atoms with Crippen LogP contribution in [0.2, 0.25) is 0 Å². The van der Waals surface area contributed by atoms with E-state index in [1.807, 2.05) is 0 Å². The van der Waals surface area contributed by atoms with E-state index in [0.717, 1.165) is 25.2 Å². The Morgan fingerprint density at radius 1 is 1.25 bits per heavy atom. The first-order valence-corrected chi connectivity index (χ1v) is 8.08. The van der Waals surface area contributed by atoms with Crippen molar-refractivity contribution < 1.29 is 22.7 Å². The average molecular weight is 344 g/mol. The SMILES string of the molecule is CC(C)c1cc(C(=O)NCCN2CCOCC2)cc(C(F)(F)F)c1. The number of hydrogen-bond acceptors (Lipinski definition) is 3. The van der Waals surface area contributed by atoms with Crippen molar-refractivity contribution in [2.45, 2.75) is 25.9 Å². The molecule has 4 nitrogen and oxygen atoms in total. The Hall–Kier alpha value is -1.60. The van der Waals surface area contributed by atoms with Crippen molar-refractivity contribution in [1.82, 2.24) is 10.2 Å². The van der Waals surface area contributed by atoms with Crippen LogP contribution in [-0.4, -0.2) is 50.2 Å². The molecule has 1 heterocycles. The molecule has 0 bridgehead atoms. The second kappa shape index (κ2) is 7.98. The number of hydrogen-bond donors (Lipinski definition) is 1. The molecule has 1 aliphatic rings. The van der Waals surface area contributed by atoms with E-state index in [1.165, 1.54) is 6.07 Å². The minimum atomic E-state index is -4.46. The summed E-state index contributed by atoms with van der Waals surface area (Å²) in [6.45, 7) is 7.59. The smallest absolute Gasteiger partial charge is 0.379 e. The third kappa shape index (κ3) is 5.21. The Morgan fingerprint density at radius 2 is 1.92 bits per heavy atom. The van der Waals surface area contributed by atoms with Crippen molar-refractivity contribution in [3.05, 3.63) is 34.9 Å². The number of amides is 1. The molecule has 0 atom stereocenters. The Balaban J connectivity index is 2.03. The average Bonchev–Trinajstić information content (AvgIpc) is 2.54. The summed E-state index contributed by atoms with van der Waals surface area (Å²) in [5.74, 6) is -0.566. The summed E-state index contributed by atoms with van der Waals surface area (Å²) < 4.78 is 44.3. The number of rotatable bonds is 5. The van der Waals surface area contributed by atoms with E-state index >= 15 is 0 Å². The Labute approximate surface area is 140 Å². The number of ether oxygens (including phenoxy) is 1. The van der Waals surface area contributed by atoms with Gasteiger partial charge in [-0.2, -0.15) is 13.2 Å². The molecule has 1 aliphatic heterocycles. The monoisotopic (exact) mass is 344 g/mol. The summed E-state index contributed by atoms with van der Waals surface area (Å²) in [6.07, 6.45) is -4.46. The van der Waals surface area contributed by atoms with Gasteiger partial charge in [-0.15, -0.1) is 0 Å². The molecule has 7 heteroatoms. The highest BCUT2D eigenvalue weighted by Crippen LogP contribution is 2.32. The number of benzene rings is 1. The van der Waals surface area contributed by atoms with Gasteiger partial charge in [-0.05, 0) is 29.7 Å². The quantitative estimate of drug-likeness (QED) is 0.893. The van der Waals surface area contributed by atoms with Crippen LogP contribution in [0.5, 0.6) is 0 Å². The number of alkyl halides is 3. The lowest BCUT2D eigenvalue weighted by Crippen LogP contribution is -2.41. The lowest BCUT2D eigenvalue weighted by Gasteiger charge is -2.26. The molecule has 0 radical (unpaired) electrons. The number of nitrogens with one attached hydrogen (secondary N) is 1. The van der Waals surface area contributed by atoms with Crippen LogP contribution in [0.15, 0.2) is 18.2 Å². The van der Waals surface area contributed by atoms with Crippen molar-refractivity contribution in [3.8, 4) is 0 Å². The van der Waals surface area contributed by atoms with Gasteiger partial charge < -0.3 is 10.1 Å². The highest BCUT2D eigenvalue weighted by molar-refractivity contribution is 5.94. The Morgan fingerprint density at radius 3 is 2.50 bits per heavy atom. The van der Waals surface area contributed by atoms with E-state index in [2.05, 4.69) is 10.2 Å². The minimum Gasteiger partial charge on any atom is -0.379 e. The van der Waals surface area contributed by atoms with Gasteiger partial charge in [0.1, 0.15) is 0 Å². The Kier molecular flexibility index (Phi) is 6.23. The number of halogens is 3. The summed E-state index contributed by atoms with van der Waals surface area (Å²) in [5, 5.41) is 2.70. The zero-order valence-corrected chi connectivity index (χ0v) is 13.9. The highest BCUT2D eigenvalue weighted by Gasteiger charge is 2.32. The van der Waals surface area contributed by atoms with E-state index in [4.69, 9.17) is 4.74 Å². The van der Waals surface area contributed by atoms with Crippen LogP contribution in [0, 0.1) is 0 Å². The molecule has 1 aromatic carbocycles. The zero-order chi connectivity index (χ0) is 17.7. The molecule has 1 N–H and O–H groups in total. The maximum atomic E-state index is 13.0. The predicted molar refractivity (Wildman–Crippen MR) is 85.1 cm³/mol. The fourth-order valence-electron chi connectivity index (χ4n) is 2.53. The second-order valence-electron chi connectivity index (χ2n) is 6.21. The van der Waals surface area contributed by atoms with Crippen molar-refractivity contribution in [2.24, 2.45) is 0 Å². The van der Waals surface area contributed by atoms with Gasteiger partial charge in [0.15, 0.2) is 0 Å². The van der Waals surface area contributed by atoms with Gasteiger partial charge in [0.2, 0.25) is 0 Å². The van der Waals surface area contributed by atoms with Gasteiger partial charge in [-0.1, -0.05) is 13.8 Å². The lowest BCUT2D eigenvalue weighted by molar-refractivity contribution is -0.137. The van der Waals surface area contributed by atoms with E-state index in [-0.39, 0.29) is 11.5 Å². The maximum Gasteiger partial charge on any atom is 0.416 e. The zero-order valence-electron chi connectivity index (χ0n) is 13.9. The normalized spacial score (nSPS) is 16.4. The van der Waals surface area contributed by atoms with Gasteiger partial charge in [-0.3, -0.25) is 9.69 Å². The highest BCUT2D eigenvalue weighted by atomic mass is 19.4. The molecule has 1 aromatic rings. The molecule has 1 saturated heterocycles. The molecule has 0 aliphatic carbocycles. The molecule has 0 saturated carbocycles. The predicted octanol–water partition coefficient (Wildman–Crippen LogP) is 2.89. The molecule has 1 amide bonds. The molecule has 0 spiro atoms. The van der Waals surface area contributed by atoms with Gasteiger partial charge in [0, 0.05) is 31.7 Å². The van der Waals surface area contributed by atoms with Gasteiger partial charge in [0.25, 0.3) is 5.91 Å². The van der Waals surface area contributed by atoms with Crippen LogP contribution in [0.25, 0.3) is 0 Å². The number of carbonyl (C=O) groups is 1. The summed E-state index contributed by atoms with van der Waals surface area (Å²) in [5.41, 5.74) is -0.231. The molecule has 134 valence electrons. The minimum absolute atomic E-state index is 0.0514. The van der Waals surface area contributed by atoms with Gasteiger partial charge >= 0.3 is 6.18 Å². The molecular formula is C17H23F3N2O2. The van der Waals surface area contributed by atoms with E-state index in [0.29, 0.717) is 31.9 Å². The summed E-state index contributed by atoms with van der Waals surface area (Å²) in [4.78, 5) is 14.4. The topological polar surface area (TPSA) is 41.6 Å². The van der Waals surface area contributed by atoms with E-state index in [1.54, 1.807) is 13.8 Å². The molecule has 2 rings (SSSR count). The summed E-state index contributed by atoms with van der Waals surface area (Å²) >= 11 is 0. The van der Waals surface area contributed by atoms with Gasteiger partial charge in [0.05, 0.1) is 18.8 Å². The van der Waals surface area contributed by atoms with Crippen LogP contribution in [-0.2, 0) is 10.9 Å². The second-order valence-corrected chi connectivity index (χ2v) is 6.21. The molecule has 0 unspecified atom stereocenters. The fourth-order valence-corrected chi connectivity index (χ4v) is 2.53. The van der Waals surface area contributed by atoms with Crippen molar-refractivity contribution >= 4 is 5.91 Å². The molecule has 24 heavy (non-hydrogen) atoms. The third-order valence-corrected chi connectivity index (χ3v) is 4.03. The standard InChI is InChI=1S/C17H23F3N2O2/c1-12(2)13-9-14(11-15(10-13)17(18,19)20)16(23)21-3-4-22-5-7-24-8-6-22/h9-12H,3-8H2,1-2H3,(H,21,23). The van der Waals surface area contributed by atoms with Crippen LogP contribution in [0.1, 0.15) is 41.3 Å². The molecule has 0 aromatic heterocycles. The van der Waals surface area contributed by atoms with Crippen molar-refractivity contribution in [3.63, 3.8) is 0 Å². The van der Waals surface area contributed by atoms with Crippen LogP contribution in [0.4, 0.5) is 13.2 Å². The van der Waals surface area contributed by atoms with Crippen LogP contribution >= 0.6 is 0 Å². The van der Waals surface area contributed by atoms with E-state index < -0.39 is 17.6 Å². The van der Waals surface area contributed by atoms with Crippen LogP contribution < -0.4 is 5.32 Å². The summed E-state index contributed by atoms with van der Waals surface area (Å²) in [6, 6.07) is 3.55. The van der Waals surface area contributed by atoms with Crippen LogP contribution in [0.3, 0.4) is 0 Å². The first-order valence-electron chi connectivity index (χ1n) is 8.08. The van der Waals surface area contributed by atoms with Crippen molar-refractivity contribution in [2.75, 3.05) is 39.4 Å². The first-order chi connectivity index (χ1) is 11.3. The van der Waals surface area contributed by atoms with Gasteiger partial charge in [-0.25, -0.2) is 0 Å². The third-order valence-electron chi connectivity index (χ3n) is 4.03. The molecule has 1 fully saturated rings. The fraction of sp³-hybridized carbons (Fsp3) is 0.588. The molecular weight excluding hydrogens is 321 g/mol. The lowest BCUT2D eigenvalue weighted by atomic mass is 9.97. The number of morpholine rings is 1. The number of nitrogens with zero attached hydrogens (tertiary/aromatic N) is 1. The number of carbonyl (C=O) groups excluding carboxylic acids is 1. The Bertz CT molecular complexity index is 567.